The van der Waals surface area contributed by atoms with Crippen LogP contribution in [-0.4, -0.2) is 45.8 Å². The van der Waals surface area contributed by atoms with Gasteiger partial charge in [0.15, 0.2) is 0 Å². The van der Waals surface area contributed by atoms with Crippen LogP contribution in [0.25, 0.3) is 0 Å². The summed E-state index contributed by atoms with van der Waals surface area (Å²) in [6.45, 7) is 1.59. The maximum Gasteiger partial charge on any atom is 0.237 e. The third kappa shape index (κ3) is 4.74. The Morgan fingerprint density at radius 1 is 1.10 bits per heavy atom. The normalized spacial score (nSPS) is 13.2. The molecule has 0 aliphatic carbocycles. The van der Waals surface area contributed by atoms with Crippen LogP contribution in [0.4, 0.5) is 5.69 Å². The van der Waals surface area contributed by atoms with Crippen LogP contribution in [-0.2, 0) is 22.7 Å². The number of para-hydroxylation sites is 1. The van der Waals surface area contributed by atoms with Crippen molar-refractivity contribution < 1.29 is 9.59 Å². The van der Waals surface area contributed by atoms with Crippen molar-refractivity contribution in [3.63, 3.8) is 0 Å². The molecule has 0 saturated heterocycles. The molecule has 0 bridgehead atoms. The number of hydrogen-bond donors (Lipinski definition) is 0. The number of amides is 2. The van der Waals surface area contributed by atoms with E-state index in [1.165, 1.54) is 5.56 Å². The second kappa shape index (κ2) is 9.17. The van der Waals surface area contributed by atoms with Crippen LogP contribution in [0.3, 0.4) is 0 Å². The van der Waals surface area contributed by atoms with Gasteiger partial charge in [0.1, 0.15) is 0 Å². The van der Waals surface area contributed by atoms with Crippen LogP contribution in [0.5, 0.6) is 0 Å². The highest BCUT2D eigenvalue weighted by molar-refractivity contribution is 8.00. The first-order valence-electron chi connectivity index (χ1n) is 9.91. The molecule has 4 rings (SSSR count). The summed E-state index contributed by atoms with van der Waals surface area (Å²) >= 11 is 1.55. The second-order valence-corrected chi connectivity index (χ2v) is 8.35. The third-order valence-electron chi connectivity index (χ3n) is 5.08. The molecule has 0 unspecified atom stereocenters. The van der Waals surface area contributed by atoms with E-state index in [1.807, 2.05) is 53.3 Å². The number of benzene rings is 2. The molecule has 0 spiro atoms. The first-order valence-corrected chi connectivity index (χ1v) is 10.9. The highest BCUT2D eigenvalue weighted by Crippen LogP contribution is 2.34. The van der Waals surface area contributed by atoms with Crippen LogP contribution in [0, 0.1) is 0 Å². The molecule has 6 nitrogen and oxygen atoms in total. The summed E-state index contributed by atoms with van der Waals surface area (Å²) in [6, 6.07) is 18.0. The monoisotopic (exact) mass is 420 g/mol. The number of nitrogens with zero attached hydrogens (tertiary/aromatic N) is 4. The minimum atomic E-state index is 0.00863. The maximum absolute atomic E-state index is 12.7. The molecule has 1 aromatic heterocycles. The topological polar surface area (TPSA) is 58.4 Å². The van der Waals surface area contributed by atoms with E-state index in [0.717, 1.165) is 16.1 Å². The summed E-state index contributed by atoms with van der Waals surface area (Å²) in [5, 5.41) is 4.40. The summed E-state index contributed by atoms with van der Waals surface area (Å²) in [5.74, 6) is 0.479. The average Bonchev–Trinajstić information content (AvgIpc) is 3.20. The van der Waals surface area contributed by atoms with Crippen molar-refractivity contribution in [2.45, 2.75) is 24.4 Å². The minimum Gasteiger partial charge on any atom is -0.341 e. The molecular weight excluding hydrogens is 396 g/mol. The zero-order chi connectivity index (χ0) is 20.9. The molecule has 7 heteroatoms. The Balaban J connectivity index is 1.32. The first-order chi connectivity index (χ1) is 14.6. The maximum atomic E-state index is 12.7. The van der Waals surface area contributed by atoms with Crippen LogP contribution in [0.2, 0.25) is 0 Å². The molecular formula is C23H24N4O2S. The van der Waals surface area contributed by atoms with Crippen molar-refractivity contribution in [2.75, 3.05) is 24.2 Å². The lowest BCUT2D eigenvalue weighted by molar-refractivity contribution is -0.130. The van der Waals surface area contributed by atoms with Gasteiger partial charge >= 0.3 is 0 Å². The van der Waals surface area contributed by atoms with Crippen LogP contribution in [0.1, 0.15) is 17.5 Å². The van der Waals surface area contributed by atoms with E-state index >= 15 is 0 Å². The quantitative estimate of drug-likeness (QED) is 0.588. The summed E-state index contributed by atoms with van der Waals surface area (Å²) < 4.78 is 1.88. The SMILES string of the molecule is CN(Cc1cnn(Cc2ccccc2)c1)C(=O)CCN1C(=O)CSc2ccccc21. The summed E-state index contributed by atoms with van der Waals surface area (Å²) in [6.07, 6.45) is 4.06. The lowest BCUT2D eigenvalue weighted by atomic mass is 10.2. The number of anilines is 1. The molecule has 0 fully saturated rings. The molecule has 3 aromatic rings. The molecule has 0 N–H and O–H groups in total. The van der Waals surface area contributed by atoms with Gasteiger partial charge in [-0.05, 0) is 17.7 Å². The molecule has 2 amide bonds. The molecule has 2 heterocycles. The van der Waals surface area contributed by atoms with Crippen molar-refractivity contribution in [1.29, 1.82) is 0 Å². The lowest BCUT2D eigenvalue weighted by Gasteiger charge is -2.29. The van der Waals surface area contributed by atoms with Crippen molar-refractivity contribution in [3.05, 3.63) is 78.1 Å². The fourth-order valence-electron chi connectivity index (χ4n) is 3.50. The molecule has 1 aliphatic heterocycles. The van der Waals surface area contributed by atoms with Crippen molar-refractivity contribution in [1.82, 2.24) is 14.7 Å². The zero-order valence-corrected chi connectivity index (χ0v) is 17.7. The van der Waals surface area contributed by atoms with Crippen LogP contribution in [0.15, 0.2) is 71.9 Å². The van der Waals surface area contributed by atoms with Gasteiger partial charge in [0.05, 0.1) is 24.2 Å². The fraction of sp³-hybridized carbons (Fsp3) is 0.261. The fourth-order valence-corrected chi connectivity index (χ4v) is 4.44. The number of hydrogen-bond acceptors (Lipinski definition) is 4. The van der Waals surface area contributed by atoms with E-state index in [1.54, 1.807) is 34.8 Å². The Bertz CT molecular complexity index is 1030. The van der Waals surface area contributed by atoms with E-state index in [9.17, 15) is 9.59 Å². The van der Waals surface area contributed by atoms with Crippen molar-refractivity contribution in [2.24, 2.45) is 0 Å². The number of carbonyl (C=O) groups is 2. The number of carbonyl (C=O) groups excluding carboxylic acids is 2. The number of thioether (sulfide) groups is 1. The van der Waals surface area contributed by atoms with Gasteiger partial charge in [-0.15, -0.1) is 11.8 Å². The summed E-state index contributed by atoms with van der Waals surface area (Å²) in [5.41, 5.74) is 3.06. The summed E-state index contributed by atoms with van der Waals surface area (Å²) in [7, 11) is 1.79. The second-order valence-electron chi connectivity index (χ2n) is 7.33. The number of fused-ring (bicyclic) bond motifs is 1. The van der Waals surface area contributed by atoms with E-state index in [-0.39, 0.29) is 11.8 Å². The van der Waals surface area contributed by atoms with Gasteiger partial charge < -0.3 is 9.80 Å². The van der Waals surface area contributed by atoms with Gasteiger partial charge in [-0.25, -0.2) is 0 Å². The Hall–Kier alpha value is -3.06. The molecule has 0 saturated carbocycles. The molecule has 0 atom stereocenters. The van der Waals surface area contributed by atoms with Crippen LogP contribution < -0.4 is 4.90 Å². The van der Waals surface area contributed by atoms with Gasteiger partial charge in [0.25, 0.3) is 0 Å². The molecule has 154 valence electrons. The third-order valence-corrected chi connectivity index (χ3v) is 6.12. The van der Waals surface area contributed by atoms with Crippen molar-refractivity contribution >= 4 is 29.3 Å². The van der Waals surface area contributed by atoms with E-state index in [0.29, 0.717) is 31.8 Å². The average molecular weight is 421 g/mol. The summed E-state index contributed by atoms with van der Waals surface area (Å²) in [4.78, 5) is 29.5. The Morgan fingerprint density at radius 3 is 2.70 bits per heavy atom. The number of rotatable bonds is 7. The van der Waals surface area contributed by atoms with Gasteiger partial charge in [-0.2, -0.15) is 5.10 Å². The van der Waals surface area contributed by atoms with Crippen molar-refractivity contribution in [3.8, 4) is 0 Å². The number of aromatic nitrogens is 2. The Labute approximate surface area is 180 Å². The van der Waals surface area contributed by atoms with E-state index in [4.69, 9.17) is 0 Å². The Morgan fingerprint density at radius 2 is 1.87 bits per heavy atom. The van der Waals surface area contributed by atoms with Crippen LogP contribution >= 0.6 is 11.8 Å². The van der Waals surface area contributed by atoms with E-state index in [2.05, 4.69) is 17.2 Å². The predicted octanol–water partition coefficient (Wildman–Crippen LogP) is 3.42. The van der Waals surface area contributed by atoms with E-state index < -0.39 is 0 Å². The Kier molecular flexibility index (Phi) is 6.18. The van der Waals surface area contributed by atoms with Gasteiger partial charge in [0.2, 0.25) is 11.8 Å². The van der Waals surface area contributed by atoms with Gasteiger partial charge in [-0.1, -0.05) is 42.5 Å². The largest absolute Gasteiger partial charge is 0.341 e. The predicted molar refractivity (Wildman–Crippen MR) is 118 cm³/mol. The smallest absolute Gasteiger partial charge is 0.237 e. The molecule has 30 heavy (non-hydrogen) atoms. The first kappa shape index (κ1) is 20.2. The standard InChI is InChI=1S/C23H24N4O2S/c1-25(14-19-13-24-26(16-19)15-18-7-3-2-4-8-18)22(28)11-12-27-20-9-5-6-10-21(20)30-17-23(27)29/h2-10,13,16H,11-12,14-15,17H2,1H3. The minimum absolute atomic E-state index is 0.00863. The molecule has 2 aromatic carbocycles. The molecule has 1 aliphatic rings. The van der Waals surface area contributed by atoms with Gasteiger partial charge in [-0.3, -0.25) is 14.3 Å². The highest BCUT2D eigenvalue weighted by Gasteiger charge is 2.25. The van der Waals surface area contributed by atoms with Gasteiger partial charge in [0, 0.05) is 43.2 Å². The lowest BCUT2D eigenvalue weighted by Crippen LogP contribution is -2.38. The highest BCUT2D eigenvalue weighted by atomic mass is 32.2. The zero-order valence-electron chi connectivity index (χ0n) is 16.9. The molecule has 0 radical (unpaired) electrons.